The zero-order valence-electron chi connectivity index (χ0n) is 22.7. The molecule has 2 heterocycles. The smallest absolute Gasteiger partial charge is 0.261 e. The number of benzene rings is 2. The molecule has 2 unspecified atom stereocenters. The highest BCUT2D eigenvalue weighted by atomic mass is 35.5. The van der Waals surface area contributed by atoms with Crippen LogP contribution < -0.4 is 5.32 Å². The van der Waals surface area contributed by atoms with Crippen LogP contribution in [-0.4, -0.2) is 65.6 Å². The summed E-state index contributed by atoms with van der Waals surface area (Å²) in [5.74, 6) is 0.699. The number of nitrogens with zero attached hydrogens (tertiary/aromatic N) is 2. The van der Waals surface area contributed by atoms with Crippen LogP contribution in [0.5, 0.6) is 0 Å². The Hall–Kier alpha value is -2.28. The molecule has 3 fully saturated rings. The van der Waals surface area contributed by atoms with E-state index in [4.69, 9.17) is 11.6 Å². The van der Waals surface area contributed by atoms with Crippen molar-refractivity contribution < 1.29 is 9.59 Å². The monoisotopic (exact) mass is 565 g/mol. The predicted octanol–water partition coefficient (Wildman–Crippen LogP) is 6.03. The molecule has 2 amide bonds. The number of fused-ring (bicyclic) bond motifs is 1. The van der Waals surface area contributed by atoms with Crippen LogP contribution in [0.1, 0.15) is 56.1 Å². The first-order valence-corrected chi connectivity index (χ1v) is 15.8. The van der Waals surface area contributed by atoms with E-state index >= 15 is 0 Å². The first-order valence-electron chi connectivity index (χ1n) is 14.5. The zero-order valence-corrected chi connectivity index (χ0v) is 24.3. The first kappa shape index (κ1) is 28.3. The molecule has 208 valence electrons. The van der Waals surface area contributed by atoms with Crippen molar-refractivity contribution in [2.24, 2.45) is 5.92 Å². The lowest BCUT2D eigenvalue weighted by atomic mass is 9.90. The van der Waals surface area contributed by atoms with Gasteiger partial charge in [-0.2, -0.15) is 0 Å². The maximum absolute atomic E-state index is 13.5. The maximum Gasteiger partial charge on any atom is 0.261 e. The molecular formula is C32H40ClN3O2S. The number of hydrogen-bond acceptors (Lipinski definition) is 4. The number of hydrogen-bond donors (Lipinski definition) is 1. The Kier molecular flexibility index (Phi) is 10.0. The molecule has 39 heavy (non-hydrogen) atoms. The number of nitrogens with one attached hydrogen (secondary N) is 1. The number of likely N-dealkylation sites (tertiary alicyclic amines) is 1. The van der Waals surface area contributed by atoms with Gasteiger partial charge in [0.05, 0.1) is 4.91 Å². The topological polar surface area (TPSA) is 52.7 Å². The molecule has 0 aromatic heterocycles. The summed E-state index contributed by atoms with van der Waals surface area (Å²) >= 11 is 7.73. The summed E-state index contributed by atoms with van der Waals surface area (Å²) in [6.07, 6.45) is 10.9. The van der Waals surface area contributed by atoms with Gasteiger partial charge >= 0.3 is 0 Å². The average molecular weight is 566 g/mol. The molecule has 1 aliphatic carbocycles. The number of carbonyl (C=O) groups is 2. The summed E-state index contributed by atoms with van der Waals surface area (Å²) in [5.41, 5.74) is 2.40. The van der Waals surface area contributed by atoms with E-state index in [0.29, 0.717) is 16.8 Å². The Balaban J connectivity index is 1.07. The third-order valence-corrected chi connectivity index (χ3v) is 10.00. The fourth-order valence-electron chi connectivity index (χ4n) is 6.17. The molecule has 5 nitrogen and oxygen atoms in total. The van der Waals surface area contributed by atoms with Crippen molar-refractivity contribution in [2.45, 2.75) is 62.7 Å². The van der Waals surface area contributed by atoms with Crippen LogP contribution in [0.15, 0.2) is 59.5 Å². The zero-order chi connectivity index (χ0) is 27.0. The van der Waals surface area contributed by atoms with E-state index in [1.165, 1.54) is 31.2 Å². The number of halogens is 1. The lowest BCUT2D eigenvalue weighted by molar-refractivity contribution is -0.135. The summed E-state index contributed by atoms with van der Waals surface area (Å²) in [6, 6.07) is 18.5. The van der Waals surface area contributed by atoms with Crippen molar-refractivity contribution in [1.82, 2.24) is 15.1 Å². The Morgan fingerprint density at radius 1 is 1.00 bits per heavy atom. The Morgan fingerprint density at radius 3 is 2.51 bits per heavy atom. The number of amides is 2. The highest BCUT2D eigenvalue weighted by Crippen LogP contribution is 2.42. The van der Waals surface area contributed by atoms with Gasteiger partial charge in [-0.05, 0) is 93.4 Å². The van der Waals surface area contributed by atoms with E-state index < -0.39 is 0 Å². The highest BCUT2D eigenvalue weighted by Gasteiger charge is 2.41. The lowest BCUT2D eigenvalue weighted by Crippen LogP contribution is -2.54. The minimum absolute atomic E-state index is 0.0216. The van der Waals surface area contributed by atoms with Gasteiger partial charge in [0.1, 0.15) is 6.54 Å². The molecule has 2 aromatic carbocycles. The van der Waals surface area contributed by atoms with Crippen LogP contribution in [-0.2, 0) is 16.0 Å². The Morgan fingerprint density at radius 2 is 1.74 bits per heavy atom. The van der Waals surface area contributed by atoms with E-state index in [0.717, 1.165) is 61.7 Å². The number of piperidine rings is 1. The molecule has 0 radical (unpaired) electrons. The van der Waals surface area contributed by atoms with Crippen LogP contribution in [0.2, 0.25) is 5.02 Å². The second-order valence-corrected chi connectivity index (χ2v) is 12.9. The SMILES string of the molecule is O=C(CN1C(=O)/C(=C/c2ccc(Cl)cc2)SC2CCCCC21)NCCCN1CCC(Cc2ccccc2)CC1. The molecule has 2 aliphatic heterocycles. The van der Waals surface area contributed by atoms with Gasteiger partial charge in [-0.1, -0.05) is 66.9 Å². The van der Waals surface area contributed by atoms with Crippen LogP contribution in [0, 0.1) is 5.92 Å². The van der Waals surface area contributed by atoms with E-state index in [1.807, 2.05) is 35.2 Å². The second-order valence-electron chi connectivity index (χ2n) is 11.2. The molecule has 1 saturated carbocycles. The number of carbonyl (C=O) groups excluding carboxylic acids is 2. The van der Waals surface area contributed by atoms with Crippen molar-refractivity contribution >= 4 is 41.3 Å². The summed E-state index contributed by atoms with van der Waals surface area (Å²) in [4.78, 5) is 31.5. The van der Waals surface area contributed by atoms with Gasteiger partial charge in [0.2, 0.25) is 5.91 Å². The molecule has 0 spiro atoms. The van der Waals surface area contributed by atoms with Gasteiger partial charge in [0, 0.05) is 22.9 Å². The molecule has 7 heteroatoms. The van der Waals surface area contributed by atoms with E-state index in [1.54, 1.807) is 11.8 Å². The maximum atomic E-state index is 13.5. The van der Waals surface area contributed by atoms with Gasteiger partial charge in [0.15, 0.2) is 0 Å². The second kappa shape index (κ2) is 13.9. The third-order valence-electron chi connectivity index (χ3n) is 8.35. The average Bonchev–Trinajstić information content (AvgIpc) is 2.96. The minimum Gasteiger partial charge on any atom is -0.355 e. The van der Waals surface area contributed by atoms with E-state index in [2.05, 4.69) is 40.5 Å². The fourth-order valence-corrected chi connectivity index (χ4v) is 7.77. The predicted molar refractivity (Wildman–Crippen MR) is 162 cm³/mol. The van der Waals surface area contributed by atoms with Gasteiger partial charge in [-0.3, -0.25) is 9.59 Å². The summed E-state index contributed by atoms with van der Waals surface area (Å²) in [7, 11) is 0. The van der Waals surface area contributed by atoms with Gasteiger partial charge < -0.3 is 15.1 Å². The van der Waals surface area contributed by atoms with Crippen LogP contribution in [0.25, 0.3) is 6.08 Å². The fraction of sp³-hybridized carbons (Fsp3) is 0.500. The van der Waals surface area contributed by atoms with Crippen molar-refractivity contribution in [3.05, 3.63) is 75.7 Å². The molecule has 0 bridgehead atoms. The summed E-state index contributed by atoms with van der Waals surface area (Å²) in [6.45, 7) is 4.08. The van der Waals surface area contributed by atoms with Crippen LogP contribution in [0.4, 0.5) is 0 Å². The van der Waals surface area contributed by atoms with E-state index in [-0.39, 0.29) is 24.4 Å². The van der Waals surface area contributed by atoms with Crippen molar-refractivity contribution in [3.63, 3.8) is 0 Å². The van der Waals surface area contributed by atoms with Crippen LogP contribution >= 0.6 is 23.4 Å². The molecule has 2 atom stereocenters. The third kappa shape index (κ3) is 7.90. The molecular weight excluding hydrogens is 526 g/mol. The quantitative estimate of drug-likeness (QED) is 0.298. The van der Waals surface area contributed by atoms with Gasteiger partial charge in [0.25, 0.3) is 5.91 Å². The molecule has 3 aliphatic rings. The van der Waals surface area contributed by atoms with Crippen molar-refractivity contribution in [3.8, 4) is 0 Å². The number of rotatable bonds is 9. The van der Waals surface area contributed by atoms with Gasteiger partial charge in [-0.25, -0.2) is 0 Å². The molecule has 1 N–H and O–H groups in total. The molecule has 2 saturated heterocycles. The lowest BCUT2D eigenvalue weighted by Gasteiger charge is -2.43. The highest BCUT2D eigenvalue weighted by molar-refractivity contribution is 8.04. The van der Waals surface area contributed by atoms with Crippen molar-refractivity contribution in [2.75, 3.05) is 32.7 Å². The molecule has 2 aromatic rings. The standard InChI is InChI=1S/C32H40ClN3O2S/c33-27-13-11-25(12-14-27)22-30-32(38)36(28-9-4-5-10-29(28)39-30)23-31(37)34-17-6-18-35-19-15-26(16-20-35)21-24-7-2-1-3-8-24/h1-3,7-8,11-14,22,26,28-29H,4-6,9-10,15-21,23H2,(H,34,37)/b30-22-. The largest absolute Gasteiger partial charge is 0.355 e. The normalized spacial score (nSPS) is 23.6. The molecule has 5 rings (SSSR count). The van der Waals surface area contributed by atoms with E-state index in [9.17, 15) is 9.59 Å². The Labute approximate surface area is 242 Å². The van der Waals surface area contributed by atoms with Crippen molar-refractivity contribution in [1.29, 1.82) is 0 Å². The summed E-state index contributed by atoms with van der Waals surface area (Å²) < 4.78 is 0. The van der Waals surface area contributed by atoms with Crippen LogP contribution in [0.3, 0.4) is 0 Å². The minimum atomic E-state index is -0.0491. The Bertz CT molecular complexity index is 1130. The number of thioether (sulfide) groups is 1. The first-order chi connectivity index (χ1) is 19.0. The summed E-state index contributed by atoms with van der Waals surface area (Å²) in [5, 5.41) is 4.13. The van der Waals surface area contributed by atoms with Gasteiger partial charge in [-0.15, -0.1) is 11.8 Å².